The van der Waals surface area contributed by atoms with E-state index in [1.165, 1.54) is 13.2 Å². The maximum atomic E-state index is 11.8. The zero-order valence-electron chi connectivity index (χ0n) is 11.8. The first kappa shape index (κ1) is 16.2. The fraction of sp³-hybridized carbons (Fsp3) is 0.333. The zero-order chi connectivity index (χ0) is 15.1. The van der Waals surface area contributed by atoms with E-state index in [2.05, 4.69) is 10.1 Å². The first-order valence-electron chi connectivity index (χ1n) is 6.20. The van der Waals surface area contributed by atoms with Gasteiger partial charge in [0.1, 0.15) is 0 Å². The molecule has 108 valence electrons. The van der Waals surface area contributed by atoms with Crippen LogP contribution >= 0.6 is 11.6 Å². The summed E-state index contributed by atoms with van der Waals surface area (Å²) < 4.78 is 4.66. The number of hydrogen-bond acceptors (Lipinski definition) is 3. The Hall–Kier alpha value is -1.81. The number of carbonyl (C=O) groups excluding carboxylic acids is 2. The normalized spacial score (nSPS) is 11.4. The van der Waals surface area contributed by atoms with Gasteiger partial charge in [-0.2, -0.15) is 0 Å². The van der Waals surface area contributed by atoms with E-state index in [9.17, 15) is 9.59 Å². The van der Waals surface area contributed by atoms with Gasteiger partial charge in [-0.15, -0.1) is 0 Å². The Kier molecular flexibility index (Phi) is 6.25. The van der Waals surface area contributed by atoms with Crippen LogP contribution < -0.4 is 5.32 Å². The van der Waals surface area contributed by atoms with Crippen LogP contribution in [-0.4, -0.2) is 19.0 Å². The molecule has 0 aliphatic heterocycles. The average Bonchev–Trinajstić information content (AvgIpc) is 2.37. The molecule has 0 unspecified atom stereocenters. The Balaban J connectivity index is 2.97. The summed E-state index contributed by atoms with van der Waals surface area (Å²) >= 11 is 6.12. The van der Waals surface area contributed by atoms with Crippen molar-refractivity contribution in [1.82, 2.24) is 5.32 Å². The van der Waals surface area contributed by atoms with E-state index in [4.69, 9.17) is 11.6 Å². The molecule has 1 rings (SSSR count). The highest BCUT2D eigenvalue weighted by atomic mass is 35.5. The van der Waals surface area contributed by atoms with Crippen molar-refractivity contribution >= 4 is 23.5 Å². The van der Waals surface area contributed by atoms with Crippen LogP contribution in [0.15, 0.2) is 35.9 Å². The molecule has 1 atom stereocenters. The van der Waals surface area contributed by atoms with Crippen molar-refractivity contribution in [3.63, 3.8) is 0 Å². The van der Waals surface area contributed by atoms with Crippen LogP contribution in [0.2, 0.25) is 5.02 Å². The van der Waals surface area contributed by atoms with E-state index in [-0.39, 0.29) is 12.3 Å². The summed E-state index contributed by atoms with van der Waals surface area (Å²) in [6.07, 6.45) is 1.50. The van der Waals surface area contributed by atoms with E-state index < -0.39 is 12.0 Å². The molecular formula is C15H18ClNO3. The fourth-order valence-corrected chi connectivity index (χ4v) is 1.99. The second-order valence-corrected chi connectivity index (χ2v) is 4.99. The molecule has 1 aromatic carbocycles. The van der Waals surface area contributed by atoms with E-state index in [1.807, 2.05) is 13.8 Å². The summed E-state index contributed by atoms with van der Waals surface area (Å²) in [6, 6.07) is 6.57. The predicted molar refractivity (Wildman–Crippen MR) is 78.4 cm³/mol. The smallest absolute Gasteiger partial charge is 0.307 e. The van der Waals surface area contributed by atoms with Gasteiger partial charge >= 0.3 is 5.97 Å². The Bertz CT molecular complexity index is 522. The van der Waals surface area contributed by atoms with Crippen LogP contribution in [-0.2, 0) is 14.3 Å². The molecule has 0 bridgehead atoms. The number of amides is 1. The number of allylic oxidation sites excluding steroid dienone is 1. The van der Waals surface area contributed by atoms with Crippen molar-refractivity contribution in [3.8, 4) is 0 Å². The second kappa shape index (κ2) is 7.70. The molecule has 5 heteroatoms. The molecule has 0 fully saturated rings. The lowest BCUT2D eigenvalue weighted by atomic mass is 10.0. The fourth-order valence-electron chi connectivity index (χ4n) is 1.72. The number of esters is 1. The van der Waals surface area contributed by atoms with E-state index in [0.29, 0.717) is 10.6 Å². The van der Waals surface area contributed by atoms with E-state index >= 15 is 0 Å². The molecule has 4 nitrogen and oxygen atoms in total. The summed E-state index contributed by atoms with van der Waals surface area (Å²) in [5.41, 5.74) is 1.56. The van der Waals surface area contributed by atoms with Gasteiger partial charge in [0.25, 0.3) is 0 Å². The molecular weight excluding hydrogens is 278 g/mol. The highest BCUT2D eigenvalue weighted by Crippen LogP contribution is 2.25. The number of nitrogens with one attached hydrogen (secondary N) is 1. The van der Waals surface area contributed by atoms with Crippen molar-refractivity contribution in [2.75, 3.05) is 7.11 Å². The highest BCUT2D eigenvalue weighted by Gasteiger charge is 2.20. The third-order valence-electron chi connectivity index (χ3n) is 2.62. The number of hydrogen-bond donors (Lipinski definition) is 1. The van der Waals surface area contributed by atoms with Crippen LogP contribution in [0.25, 0.3) is 0 Å². The van der Waals surface area contributed by atoms with E-state index in [0.717, 1.165) is 5.57 Å². The Labute approximate surface area is 123 Å². The van der Waals surface area contributed by atoms with Gasteiger partial charge < -0.3 is 10.1 Å². The van der Waals surface area contributed by atoms with Crippen LogP contribution in [0.5, 0.6) is 0 Å². The minimum absolute atomic E-state index is 0.0303. The number of carbonyl (C=O) groups is 2. The van der Waals surface area contributed by atoms with Crippen LogP contribution in [0, 0.1) is 0 Å². The maximum absolute atomic E-state index is 11.8. The van der Waals surface area contributed by atoms with Crippen molar-refractivity contribution in [2.24, 2.45) is 0 Å². The summed E-state index contributed by atoms with van der Waals surface area (Å²) in [6.45, 7) is 3.65. The predicted octanol–water partition coefficient (Wildman–Crippen LogP) is 3.03. The summed E-state index contributed by atoms with van der Waals surface area (Å²) in [5.74, 6) is -0.675. The molecule has 1 amide bonds. The molecule has 0 saturated heterocycles. The lowest BCUT2D eigenvalue weighted by Gasteiger charge is -2.18. The highest BCUT2D eigenvalue weighted by molar-refractivity contribution is 6.31. The van der Waals surface area contributed by atoms with Gasteiger partial charge in [-0.1, -0.05) is 35.4 Å². The van der Waals surface area contributed by atoms with Crippen molar-refractivity contribution in [1.29, 1.82) is 0 Å². The van der Waals surface area contributed by atoms with Crippen LogP contribution in [0.4, 0.5) is 0 Å². The molecule has 0 aliphatic rings. The largest absolute Gasteiger partial charge is 0.469 e. The summed E-state index contributed by atoms with van der Waals surface area (Å²) in [7, 11) is 1.31. The number of ether oxygens (including phenoxy) is 1. The Morgan fingerprint density at radius 2 is 2.00 bits per heavy atom. The van der Waals surface area contributed by atoms with Crippen molar-refractivity contribution in [2.45, 2.75) is 26.3 Å². The van der Waals surface area contributed by atoms with Gasteiger partial charge in [0.05, 0.1) is 19.6 Å². The maximum Gasteiger partial charge on any atom is 0.307 e. The van der Waals surface area contributed by atoms with Crippen molar-refractivity contribution < 1.29 is 14.3 Å². The topological polar surface area (TPSA) is 55.4 Å². The van der Waals surface area contributed by atoms with Gasteiger partial charge in [-0.3, -0.25) is 9.59 Å². The standard InChI is InChI=1S/C15H18ClNO3/c1-10(2)8-14(18)17-13(9-15(19)20-3)11-6-4-5-7-12(11)16/h4-8,13H,9H2,1-3H3,(H,17,18)/t13-/m1/s1. The molecule has 0 spiro atoms. The van der Waals surface area contributed by atoms with Gasteiger partial charge in [0.15, 0.2) is 0 Å². The van der Waals surface area contributed by atoms with Gasteiger partial charge in [0, 0.05) is 11.1 Å². The number of halogens is 1. The first-order chi connectivity index (χ1) is 9.43. The molecule has 0 saturated carbocycles. The van der Waals surface area contributed by atoms with E-state index in [1.54, 1.807) is 24.3 Å². The first-order valence-corrected chi connectivity index (χ1v) is 6.58. The average molecular weight is 296 g/mol. The molecule has 1 aromatic rings. The molecule has 20 heavy (non-hydrogen) atoms. The quantitative estimate of drug-likeness (QED) is 0.671. The number of methoxy groups -OCH3 is 1. The minimum atomic E-state index is -0.515. The third-order valence-corrected chi connectivity index (χ3v) is 2.96. The monoisotopic (exact) mass is 295 g/mol. The zero-order valence-corrected chi connectivity index (χ0v) is 12.5. The van der Waals surface area contributed by atoms with Gasteiger partial charge in [-0.05, 0) is 25.5 Å². The molecule has 0 aromatic heterocycles. The second-order valence-electron chi connectivity index (χ2n) is 4.58. The third kappa shape index (κ3) is 5.05. The number of benzene rings is 1. The lowest BCUT2D eigenvalue weighted by molar-refractivity contribution is -0.141. The molecule has 0 radical (unpaired) electrons. The lowest BCUT2D eigenvalue weighted by Crippen LogP contribution is -2.29. The van der Waals surface area contributed by atoms with Gasteiger partial charge in [-0.25, -0.2) is 0 Å². The van der Waals surface area contributed by atoms with Crippen LogP contribution in [0.1, 0.15) is 31.9 Å². The minimum Gasteiger partial charge on any atom is -0.469 e. The Morgan fingerprint density at radius 1 is 1.35 bits per heavy atom. The number of rotatable bonds is 5. The molecule has 0 heterocycles. The SMILES string of the molecule is COC(=O)C[C@@H](NC(=O)C=C(C)C)c1ccccc1Cl. The summed E-state index contributed by atoms with van der Waals surface area (Å²) in [4.78, 5) is 23.3. The Morgan fingerprint density at radius 3 is 2.55 bits per heavy atom. The molecule has 0 aliphatic carbocycles. The summed E-state index contributed by atoms with van der Waals surface area (Å²) in [5, 5.41) is 3.27. The van der Waals surface area contributed by atoms with Gasteiger partial charge in [0.2, 0.25) is 5.91 Å². The van der Waals surface area contributed by atoms with Crippen LogP contribution in [0.3, 0.4) is 0 Å². The molecule has 1 N–H and O–H groups in total. The van der Waals surface area contributed by atoms with Crippen molar-refractivity contribution in [3.05, 3.63) is 46.5 Å².